The van der Waals surface area contributed by atoms with E-state index in [2.05, 4.69) is 40.2 Å². The summed E-state index contributed by atoms with van der Waals surface area (Å²) < 4.78 is 6.65. The molecule has 1 amide bonds. The first-order valence-electron chi connectivity index (χ1n) is 8.50. The summed E-state index contributed by atoms with van der Waals surface area (Å²) in [6.07, 6.45) is 4.57. The minimum absolute atomic E-state index is 0.157. The Morgan fingerprint density at radius 1 is 1.26 bits per heavy atom. The largest absolute Gasteiger partial charge is 0.444 e. The highest BCUT2D eigenvalue weighted by atomic mass is 79.9. The van der Waals surface area contributed by atoms with Gasteiger partial charge in [0.15, 0.2) is 0 Å². The number of carbonyl (C=O) groups is 1. The van der Waals surface area contributed by atoms with E-state index in [1.54, 1.807) is 0 Å². The quantitative estimate of drug-likeness (QED) is 0.658. The van der Waals surface area contributed by atoms with Gasteiger partial charge < -0.3 is 9.64 Å². The molecule has 126 valence electrons. The van der Waals surface area contributed by atoms with Crippen molar-refractivity contribution in [3.05, 3.63) is 34.3 Å². The van der Waals surface area contributed by atoms with E-state index in [0.29, 0.717) is 11.3 Å². The van der Waals surface area contributed by atoms with Crippen molar-refractivity contribution in [2.45, 2.75) is 58.0 Å². The van der Waals surface area contributed by atoms with Crippen LogP contribution < -0.4 is 0 Å². The fourth-order valence-electron chi connectivity index (χ4n) is 3.88. The van der Waals surface area contributed by atoms with Gasteiger partial charge in [0, 0.05) is 17.6 Å². The maximum atomic E-state index is 12.2. The van der Waals surface area contributed by atoms with Crippen LogP contribution in [0.2, 0.25) is 0 Å². The van der Waals surface area contributed by atoms with Gasteiger partial charge in [0.05, 0.1) is 0 Å². The average molecular weight is 380 g/mol. The average Bonchev–Trinajstić information content (AvgIpc) is 2.43. The minimum Gasteiger partial charge on any atom is -0.444 e. The second-order valence-electron chi connectivity index (χ2n) is 8.13. The van der Waals surface area contributed by atoms with Crippen LogP contribution in [0.5, 0.6) is 0 Å². The molecule has 1 aliphatic heterocycles. The van der Waals surface area contributed by atoms with Crippen LogP contribution in [0.25, 0.3) is 0 Å². The Labute approximate surface area is 147 Å². The lowest BCUT2D eigenvalue weighted by atomic mass is 9.56. The van der Waals surface area contributed by atoms with Crippen molar-refractivity contribution in [2.75, 3.05) is 13.1 Å². The summed E-state index contributed by atoms with van der Waals surface area (Å²) in [5, 5.41) is 0. The number of ether oxygens (including phenoxy) is 1. The van der Waals surface area contributed by atoms with Crippen molar-refractivity contribution in [3.8, 4) is 0 Å². The van der Waals surface area contributed by atoms with Crippen LogP contribution in [-0.4, -0.2) is 29.7 Å². The Morgan fingerprint density at radius 3 is 2.48 bits per heavy atom. The topological polar surface area (TPSA) is 29.5 Å². The lowest BCUT2D eigenvalue weighted by Gasteiger charge is -2.52. The standard InChI is InChI=1S/C19H26BrNO2/c1-18(2,3)23-17(22)21-9-7-19(8-10-21)12-15(13-19)14-5-4-6-16(20)11-14/h4-6,11,15H,7-10,12-13H2,1-3H3. The summed E-state index contributed by atoms with van der Waals surface area (Å²) in [5.74, 6) is 0.681. The molecule has 2 aliphatic rings. The van der Waals surface area contributed by atoms with Crippen LogP contribution in [0.4, 0.5) is 4.79 Å². The Balaban J connectivity index is 1.52. The van der Waals surface area contributed by atoms with E-state index in [0.717, 1.165) is 30.4 Å². The summed E-state index contributed by atoms with van der Waals surface area (Å²) in [5.41, 5.74) is 1.49. The Bertz CT molecular complexity index is 577. The molecule has 0 unspecified atom stereocenters. The third-order valence-corrected chi connectivity index (χ3v) is 5.65. The molecule has 1 aromatic carbocycles. The molecule has 0 N–H and O–H groups in total. The number of hydrogen-bond donors (Lipinski definition) is 0. The lowest BCUT2D eigenvalue weighted by Crippen LogP contribution is -2.49. The van der Waals surface area contributed by atoms with Gasteiger partial charge in [0.1, 0.15) is 5.60 Å². The molecular weight excluding hydrogens is 354 g/mol. The Morgan fingerprint density at radius 2 is 1.91 bits per heavy atom. The second-order valence-corrected chi connectivity index (χ2v) is 9.04. The van der Waals surface area contributed by atoms with Crippen LogP contribution in [0, 0.1) is 5.41 Å². The summed E-state index contributed by atoms with van der Waals surface area (Å²) in [6, 6.07) is 8.68. The number of halogens is 1. The zero-order valence-corrected chi connectivity index (χ0v) is 15.9. The van der Waals surface area contributed by atoms with E-state index in [1.807, 2.05) is 25.7 Å². The highest BCUT2D eigenvalue weighted by Gasteiger charge is 2.47. The van der Waals surface area contributed by atoms with E-state index in [4.69, 9.17) is 4.74 Å². The molecule has 1 heterocycles. The molecule has 1 spiro atoms. The van der Waals surface area contributed by atoms with Crippen LogP contribution in [-0.2, 0) is 4.74 Å². The van der Waals surface area contributed by atoms with Gasteiger partial charge in [-0.05, 0) is 75.5 Å². The van der Waals surface area contributed by atoms with Crippen LogP contribution >= 0.6 is 15.9 Å². The van der Waals surface area contributed by atoms with Gasteiger partial charge in [0.25, 0.3) is 0 Å². The number of piperidine rings is 1. The number of benzene rings is 1. The molecule has 3 rings (SSSR count). The third kappa shape index (κ3) is 3.90. The van der Waals surface area contributed by atoms with Crippen molar-refractivity contribution in [2.24, 2.45) is 5.41 Å². The van der Waals surface area contributed by atoms with Crippen molar-refractivity contribution in [1.29, 1.82) is 0 Å². The first kappa shape index (κ1) is 16.8. The minimum atomic E-state index is -0.408. The third-order valence-electron chi connectivity index (χ3n) is 5.15. The summed E-state index contributed by atoms with van der Waals surface area (Å²) in [6.45, 7) is 7.43. The number of carbonyl (C=O) groups excluding carboxylic acids is 1. The second kappa shape index (κ2) is 6.12. The van der Waals surface area contributed by atoms with E-state index < -0.39 is 5.60 Å². The van der Waals surface area contributed by atoms with Crippen molar-refractivity contribution < 1.29 is 9.53 Å². The zero-order valence-electron chi connectivity index (χ0n) is 14.3. The molecule has 0 atom stereocenters. The molecule has 2 fully saturated rings. The zero-order chi connectivity index (χ0) is 16.7. The Hall–Kier alpha value is -1.03. The molecule has 3 nitrogen and oxygen atoms in total. The van der Waals surface area contributed by atoms with Gasteiger partial charge in [-0.1, -0.05) is 28.1 Å². The molecule has 0 bridgehead atoms. The normalized spacial score (nSPS) is 21.1. The van der Waals surface area contributed by atoms with E-state index in [1.165, 1.54) is 18.4 Å². The van der Waals surface area contributed by atoms with Crippen molar-refractivity contribution in [1.82, 2.24) is 4.90 Å². The molecule has 1 saturated heterocycles. The van der Waals surface area contributed by atoms with Gasteiger partial charge in [-0.25, -0.2) is 4.79 Å². The molecule has 1 aliphatic carbocycles. The van der Waals surface area contributed by atoms with Gasteiger partial charge in [-0.3, -0.25) is 0 Å². The molecule has 4 heteroatoms. The van der Waals surface area contributed by atoms with Crippen LogP contribution in [0.1, 0.15) is 57.9 Å². The Kier molecular flexibility index (Phi) is 4.47. The number of hydrogen-bond acceptors (Lipinski definition) is 2. The van der Waals surface area contributed by atoms with Crippen molar-refractivity contribution in [3.63, 3.8) is 0 Å². The fourth-order valence-corrected chi connectivity index (χ4v) is 4.30. The number of rotatable bonds is 1. The monoisotopic (exact) mass is 379 g/mol. The predicted octanol–water partition coefficient (Wildman–Crippen LogP) is 5.34. The molecule has 0 aromatic heterocycles. The molecule has 23 heavy (non-hydrogen) atoms. The predicted molar refractivity (Wildman–Crippen MR) is 95.6 cm³/mol. The van der Waals surface area contributed by atoms with Crippen LogP contribution in [0.15, 0.2) is 28.7 Å². The van der Waals surface area contributed by atoms with E-state index in [-0.39, 0.29) is 6.09 Å². The van der Waals surface area contributed by atoms with Gasteiger partial charge in [-0.2, -0.15) is 0 Å². The summed E-state index contributed by atoms with van der Waals surface area (Å²) in [4.78, 5) is 14.0. The smallest absolute Gasteiger partial charge is 0.410 e. The first-order valence-corrected chi connectivity index (χ1v) is 9.29. The highest BCUT2D eigenvalue weighted by Crippen LogP contribution is 2.56. The summed E-state index contributed by atoms with van der Waals surface area (Å²) in [7, 11) is 0. The summed E-state index contributed by atoms with van der Waals surface area (Å²) >= 11 is 3.56. The fraction of sp³-hybridized carbons (Fsp3) is 0.632. The number of amides is 1. The van der Waals surface area contributed by atoms with Gasteiger partial charge in [-0.15, -0.1) is 0 Å². The SMILES string of the molecule is CC(C)(C)OC(=O)N1CCC2(CC1)CC(c1cccc(Br)c1)C2. The van der Waals surface area contributed by atoms with Gasteiger partial charge in [0.2, 0.25) is 0 Å². The lowest BCUT2D eigenvalue weighted by molar-refractivity contribution is -0.0121. The first-order chi connectivity index (χ1) is 10.8. The molecule has 0 radical (unpaired) electrons. The number of nitrogens with zero attached hydrogens (tertiary/aromatic N) is 1. The maximum Gasteiger partial charge on any atom is 0.410 e. The molecule has 1 aromatic rings. The van der Waals surface area contributed by atoms with E-state index in [9.17, 15) is 4.79 Å². The number of likely N-dealkylation sites (tertiary alicyclic amines) is 1. The van der Waals surface area contributed by atoms with E-state index >= 15 is 0 Å². The highest BCUT2D eigenvalue weighted by molar-refractivity contribution is 9.10. The maximum absolute atomic E-state index is 12.2. The van der Waals surface area contributed by atoms with Crippen molar-refractivity contribution >= 4 is 22.0 Å². The molecule has 1 saturated carbocycles. The van der Waals surface area contributed by atoms with Gasteiger partial charge >= 0.3 is 6.09 Å². The van der Waals surface area contributed by atoms with Crippen LogP contribution in [0.3, 0.4) is 0 Å². The molecular formula is C19H26BrNO2.